The number of halogens is 1. The van der Waals surface area contributed by atoms with Crippen molar-refractivity contribution in [3.05, 3.63) is 77.8 Å². The molecule has 0 aliphatic rings. The minimum Gasteiger partial charge on any atom is -0.489 e. The topological polar surface area (TPSA) is 56.1 Å². The quantitative estimate of drug-likeness (QED) is 0.488. The highest BCUT2D eigenvalue weighted by atomic mass is 35.5. The van der Waals surface area contributed by atoms with Gasteiger partial charge in [0.15, 0.2) is 0 Å². The molecule has 1 atom stereocenters. The van der Waals surface area contributed by atoms with E-state index in [9.17, 15) is 4.79 Å². The summed E-state index contributed by atoms with van der Waals surface area (Å²) in [6, 6.07) is 15.4. The fraction of sp³-hybridized carbons (Fsp3) is 0.304. The lowest BCUT2D eigenvalue weighted by Crippen LogP contribution is -2.23. The number of imidazole rings is 1. The third kappa shape index (κ3) is 6.95. The number of anilines is 1. The van der Waals surface area contributed by atoms with Crippen molar-refractivity contribution in [3.8, 4) is 5.75 Å². The van der Waals surface area contributed by atoms with Crippen molar-refractivity contribution in [2.45, 2.75) is 45.3 Å². The summed E-state index contributed by atoms with van der Waals surface area (Å²) in [7, 11) is 0. The van der Waals surface area contributed by atoms with Gasteiger partial charge in [0.05, 0.1) is 12.9 Å². The maximum Gasteiger partial charge on any atom is 0.224 e. The number of rotatable bonds is 10. The Kier molecular flexibility index (Phi) is 7.70. The number of aromatic nitrogens is 2. The fourth-order valence-electron chi connectivity index (χ4n) is 3.06. The number of carbonyl (C=O) groups is 1. The first-order chi connectivity index (χ1) is 14.1. The molecule has 0 saturated carbocycles. The molecule has 3 rings (SSSR count). The van der Waals surface area contributed by atoms with Gasteiger partial charge in [0.1, 0.15) is 11.9 Å². The molecule has 1 heterocycles. The van der Waals surface area contributed by atoms with E-state index in [1.54, 1.807) is 12.5 Å². The molecule has 152 valence electrons. The van der Waals surface area contributed by atoms with E-state index < -0.39 is 0 Å². The van der Waals surface area contributed by atoms with E-state index in [-0.39, 0.29) is 12.0 Å². The number of ether oxygens (including phenoxy) is 1. The molecule has 0 saturated heterocycles. The maximum atomic E-state index is 11.7. The van der Waals surface area contributed by atoms with Crippen molar-refractivity contribution in [2.24, 2.45) is 0 Å². The monoisotopic (exact) mass is 411 g/mol. The molecule has 1 N–H and O–H groups in total. The molecule has 0 aliphatic heterocycles. The number of hydrogen-bond acceptors (Lipinski definition) is 3. The van der Waals surface area contributed by atoms with Gasteiger partial charge in [-0.1, -0.05) is 30.7 Å². The van der Waals surface area contributed by atoms with E-state index >= 15 is 0 Å². The van der Waals surface area contributed by atoms with Gasteiger partial charge in [-0.2, -0.15) is 0 Å². The Morgan fingerprint density at radius 1 is 1.17 bits per heavy atom. The highest BCUT2D eigenvalue weighted by Gasteiger charge is 2.13. The molecular weight excluding hydrogens is 386 g/mol. The van der Waals surface area contributed by atoms with Crippen LogP contribution in [-0.4, -0.2) is 21.6 Å². The molecule has 29 heavy (non-hydrogen) atoms. The number of benzene rings is 2. The summed E-state index contributed by atoms with van der Waals surface area (Å²) in [6.07, 6.45) is 8.59. The van der Waals surface area contributed by atoms with Crippen molar-refractivity contribution in [1.82, 2.24) is 9.55 Å². The number of aryl methyl sites for hydroxylation is 1. The summed E-state index contributed by atoms with van der Waals surface area (Å²) in [5, 5.41) is 3.64. The Morgan fingerprint density at radius 2 is 1.93 bits per heavy atom. The Labute approximate surface area is 176 Å². The average molecular weight is 412 g/mol. The zero-order valence-electron chi connectivity index (χ0n) is 16.6. The second-order valence-electron chi connectivity index (χ2n) is 6.99. The lowest BCUT2D eigenvalue weighted by atomic mass is 10.1. The fourth-order valence-corrected chi connectivity index (χ4v) is 3.18. The Balaban J connectivity index is 1.62. The van der Waals surface area contributed by atoms with Crippen molar-refractivity contribution < 1.29 is 9.53 Å². The van der Waals surface area contributed by atoms with Gasteiger partial charge in [-0.15, -0.1) is 0 Å². The molecule has 5 nitrogen and oxygen atoms in total. The van der Waals surface area contributed by atoms with Crippen LogP contribution >= 0.6 is 11.6 Å². The first-order valence-corrected chi connectivity index (χ1v) is 10.3. The standard InChI is InChI=1S/C23H26ClN3O2/c1-2-3-23(28)26-20-9-12-21(13-10-20)29-22(16-27-15-14-25-17-27)11-6-18-4-7-19(24)8-5-18/h4-5,7-10,12-15,17,22H,2-3,6,11,16H2,1H3,(H,26,28). The lowest BCUT2D eigenvalue weighted by molar-refractivity contribution is -0.116. The highest BCUT2D eigenvalue weighted by molar-refractivity contribution is 6.30. The van der Waals surface area contributed by atoms with Crippen molar-refractivity contribution in [2.75, 3.05) is 5.32 Å². The number of amides is 1. The summed E-state index contributed by atoms with van der Waals surface area (Å²) in [5.41, 5.74) is 2.01. The number of hydrogen-bond donors (Lipinski definition) is 1. The normalized spacial score (nSPS) is 11.8. The predicted molar refractivity (Wildman–Crippen MR) is 116 cm³/mol. The molecule has 0 fully saturated rings. The molecule has 6 heteroatoms. The lowest BCUT2D eigenvalue weighted by Gasteiger charge is -2.20. The third-order valence-corrected chi connectivity index (χ3v) is 4.81. The first kappa shape index (κ1) is 20.9. The minimum atomic E-state index is -0.0135. The van der Waals surface area contributed by atoms with Gasteiger partial charge >= 0.3 is 0 Å². The highest BCUT2D eigenvalue weighted by Crippen LogP contribution is 2.20. The molecule has 0 spiro atoms. The smallest absolute Gasteiger partial charge is 0.224 e. The first-order valence-electron chi connectivity index (χ1n) is 9.89. The Hall–Kier alpha value is -2.79. The molecule has 1 unspecified atom stereocenters. The Bertz CT molecular complexity index is 878. The molecule has 0 bridgehead atoms. The SMILES string of the molecule is CCCC(=O)Nc1ccc(OC(CCc2ccc(Cl)cc2)Cn2ccnc2)cc1. The van der Waals surface area contributed by atoms with Gasteiger partial charge in [0.2, 0.25) is 5.91 Å². The Morgan fingerprint density at radius 3 is 2.59 bits per heavy atom. The van der Waals surface area contributed by atoms with Crippen molar-refractivity contribution in [3.63, 3.8) is 0 Å². The summed E-state index contributed by atoms with van der Waals surface area (Å²) in [6.45, 7) is 2.70. The van der Waals surface area contributed by atoms with E-state index in [0.29, 0.717) is 13.0 Å². The second-order valence-corrected chi connectivity index (χ2v) is 7.42. The van der Waals surface area contributed by atoms with Gasteiger partial charge in [-0.3, -0.25) is 4.79 Å². The zero-order valence-corrected chi connectivity index (χ0v) is 17.3. The summed E-state index contributed by atoms with van der Waals surface area (Å²) in [5.74, 6) is 0.807. The summed E-state index contributed by atoms with van der Waals surface area (Å²) >= 11 is 5.98. The largest absolute Gasteiger partial charge is 0.489 e. The predicted octanol–water partition coefficient (Wildman–Crippen LogP) is 5.36. The molecule has 0 aliphatic carbocycles. The van der Waals surface area contributed by atoms with Crippen molar-refractivity contribution in [1.29, 1.82) is 0 Å². The van der Waals surface area contributed by atoms with E-state index in [2.05, 4.69) is 10.3 Å². The van der Waals surface area contributed by atoms with Gasteiger partial charge < -0.3 is 14.6 Å². The van der Waals surface area contributed by atoms with E-state index in [1.165, 1.54) is 5.56 Å². The van der Waals surface area contributed by atoms with E-state index in [4.69, 9.17) is 16.3 Å². The minimum absolute atomic E-state index is 0.0135. The summed E-state index contributed by atoms with van der Waals surface area (Å²) in [4.78, 5) is 15.9. The molecular formula is C23H26ClN3O2. The van der Waals surface area contributed by atoms with Crippen LogP contribution in [0.25, 0.3) is 0 Å². The van der Waals surface area contributed by atoms with Crippen LogP contribution in [0.1, 0.15) is 31.7 Å². The van der Waals surface area contributed by atoms with Crippen LogP contribution in [0.15, 0.2) is 67.3 Å². The van der Waals surface area contributed by atoms with Crippen LogP contribution < -0.4 is 10.1 Å². The van der Waals surface area contributed by atoms with Gasteiger partial charge in [0, 0.05) is 29.5 Å². The van der Waals surface area contributed by atoms with Gasteiger partial charge in [0.25, 0.3) is 0 Å². The average Bonchev–Trinajstić information content (AvgIpc) is 3.22. The van der Waals surface area contributed by atoms with Gasteiger partial charge in [-0.05, 0) is 61.2 Å². The van der Waals surface area contributed by atoms with Crippen LogP contribution in [0.2, 0.25) is 5.02 Å². The molecule has 0 radical (unpaired) electrons. The van der Waals surface area contributed by atoms with Gasteiger partial charge in [-0.25, -0.2) is 4.98 Å². The van der Waals surface area contributed by atoms with Crippen LogP contribution in [-0.2, 0) is 17.8 Å². The third-order valence-electron chi connectivity index (χ3n) is 4.56. The molecule has 2 aromatic carbocycles. The molecule has 1 amide bonds. The van der Waals surface area contributed by atoms with Crippen LogP contribution in [0, 0.1) is 0 Å². The number of nitrogens with zero attached hydrogens (tertiary/aromatic N) is 2. The number of nitrogens with one attached hydrogen (secondary N) is 1. The molecule has 1 aromatic heterocycles. The zero-order chi connectivity index (χ0) is 20.5. The van der Waals surface area contributed by atoms with Crippen LogP contribution in [0.3, 0.4) is 0 Å². The molecule has 3 aromatic rings. The van der Waals surface area contributed by atoms with E-state index in [0.717, 1.165) is 35.7 Å². The van der Waals surface area contributed by atoms with Crippen LogP contribution in [0.4, 0.5) is 5.69 Å². The maximum absolute atomic E-state index is 11.7. The van der Waals surface area contributed by atoms with E-state index in [1.807, 2.05) is 66.2 Å². The summed E-state index contributed by atoms with van der Waals surface area (Å²) < 4.78 is 8.27. The number of carbonyl (C=O) groups excluding carboxylic acids is 1. The van der Waals surface area contributed by atoms with Crippen LogP contribution in [0.5, 0.6) is 5.75 Å². The van der Waals surface area contributed by atoms with Crippen molar-refractivity contribution >= 4 is 23.2 Å². The second kappa shape index (κ2) is 10.7.